The number of nitrogens with zero attached hydrogens (tertiary/aromatic N) is 4. The van der Waals surface area contributed by atoms with E-state index >= 15 is 0 Å². The molecule has 0 unspecified atom stereocenters. The molecule has 2 aliphatic heterocycles. The first-order valence-corrected chi connectivity index (χ1v) is 14.1. The normalized spacial score (nSPS) is 17.6. The molecule has 2 saturated heterocycles. The zero-order chi connectivity index (χ0) is 25.7. The fourth-order valence-electron chi connectivity index (χ4n) is 4.37. The van der Waals surface area contributed by atoms with Gasteiger partial charge in [0.1, 0.15) is 5.82 Å². The maximum atomic E-state index is 12.7. The number of ether oxygens (including phenoxy) is 1. The number of likely N-dealkylation sites (tertiary alicyclic amines) is 1. The summed E-state index contributed by atoms with van der Waals surface area (Å²) >= 11 is 0. The van der Waals surface area contributed by atoms with Crippen LogP contribution < -0.4 is 15.5 Å². The maximum Gasteiger partial charge on any atom is 0.321 e. The van der Waals surface area contributed by atoms with E-state index in [2.05, 4.69) is 20.5 Å². The molecule has 4 N–H and O–H groups in total. The number of hydrogen-bond donors (Lipinski definition) is 4. The number of hydrogen-bond acceptors (Lipinski definition) is 8. The molecule has 36 heavy (non-hydrogen) atoms. The summed E-state index contributed by atoms with van der Waals surface area (Å²) in [6, 6.07) is 8.86. The van der Waals surface area contributed by atoms with Crippen molar-refractivity contribution < 1.29 is 23.4 Å². The van der Waals surface area contributed by atoms with Crippen molar-refractivity contribution in [3.8, 4) is 11.4 Å². The van der Waals surface area contributed by atoms with Gasteiger partial charge in [-0.15, -0.1) is 0 Å². The Kier molecular flexibility index (Phi) is 8.29. The predicted molar refractivity (Wildman–Crippen MR) is 140 cm³/mol. The number of rotatable bonds is 6. The first-order chi connectivity index (χ1) is 17.2. The van der Waals surface area contributed by atoms with Crippen LogP contribution in [0.5, 0.6) is 0 Å². The average Bonchev–Trinajstić information content (AvgIpc) is 2.88. The van der Waals surface area contributed by atoms with Gasteiger partial charge in [-0.3, -0.25) is 13.9 Å². The van der Waals surface area contributed by atoms with E-state index in [9.17, 15) is 18.7 Å². The van der Waals surface area contributed by atoms with Crippen LogP contribution in [-0.4, -0.2) is 88.6 Å². The number of anilines is 2. The van der Waals surface area contributed by atoms with Gasteiger partial charge >= 0.3 is 6.03 Å². The van der Waals surface area contributed by atoms with E-state index in [-0.39, 0.29) is 23.6 Å². The molecule has 2 aromatic rings. The predicted octanol–water partition coefficient (Wildman–Crippen LogP) is 2.85. The maximum absolute atomic E-state index is 12.7. The number of carbonyl (C=O) groups excluding carboxylic acids is 2. The minimum atomic E-state index is -2.77. The summed E-state index contributed by atoms with van der Waals surface area (Å²) in [6.45, 7) is 3.67. The number of urea groups is 1. The molecule has 0 radical (unpaired) electrons. The lowest BCUT2D eigenvalue weighted by molar-refractivity contribution is -0.125. The third-order valence-corrected chi connectivity index (χ3v) is 7.16. The standard InChI is InChI=1S/C24H34N6O5S/c1-25-23(31)18-7-9-30(10-8-18)24(32)27-19-5-3-17(4-6-19)22-26-20(16-36(2,33)34)15-21(28-22)29-11-13-35-14-12-29/h3-6,15,18,33-34H,7-14,16H2,1-2H3,(H,25,31)(H,27,32). The van der Waals surface area contributed by atoms with Crippen LogP contribution in [0.4, 0.5) is 16.3 Å². The van der Waals surface area contributed by atoms with Crippen molar-refractivity contribution >= 4 is 34.0 Å². The Labute approximate surface area is 212 Å². The van der Waals surface area contributed by atoms with Crippen molar-refractivity contribution in [2.24, 2.45) is 5.92 Å². The Morgan fingerprint density at radius 1 is 1.08 bits per heavy atom. The third kappa shape index (κ3) is 6.84. The summed E-state index contributed by atoms with van der Waals surface area (Å²) in [5.74, 6) is 1.22. The van der Waals surface area contributed by atoms with Crippen LogP contribution in [0.2, 0.25) is 0 Å². The zero-order valence-corrected chi connectivity index (χ0v) is 21.5. The molecule has 4 rings (SSSR count). The average molecular weight is 519 g/mol. The number of carbonyl (C=O) groups is 2. The molecule has 3 amide bonds. The lowest BCUT2D eigenvalue weighted by Gasteiger charge is -2.31. The molecular weight excluding hydrogens is 484 g/mol. The Bertz CT molecular complexity index is 1060. The smallest absolute Gasteiger partial charge is 0.321 e. The Morgan fingerprint density at radius 3 is 2.36 bits per heavy atom. The molecule has 2 fully saturated rings. The highest BCUT2D eigenvalue weighted by atomic mass is 32.3. The molecule has 2 aliphatic rings. The van der Waals surface area contributed by atoms with Gasteiger partial charge in [-0.25, -0.2) is 14.8 Å². The number of piperidine rings is 1. The first-order valence-electron chi connectivity index (χ1n) is 12.0. The van der Waals surface area contributed by atoms with Crippen molar-refractivity contribution in [1.29, 1.82) is 0 Å². The van der Waals surface area contributed by atoms with Crippen LogP contribution in [0, 0.1) is 5.92 Å². The van der Waals surface area contributed by atoms with E-state index in [1.807, 2.05) is 12.1 Å². The van der Waals surface area contributed by atoms with Gasteiger partial charge in [0.2, 0.25) is 5.91 Å². The second kappa shape index (κ2) is 11.4. The Hall–Kier alpha value is -2.93. The van der Waals surface area contributed by atoms with E-state index in [4.69, 9.17) is 9.72 Å². The highest BCUT2D eigenvalue weighted by Gasteiger charge is 2.26. The van der Waals surface area contributed by atoms with E-state index in [0.717, 1.165) is 11.4 Å². The molecule has 0 aliphatic carbocycles. The van der Waals surface area contributed by atoms with E-state index in [1.165, 1.54) is 6.26 Å². The van der Waals surface area contributed by atoms with Crippen molar-refractivity contribution in [2.75, 3.05) is 62.9 Å². The van der Waals surface area contributed by atoms with Crippen LogP contribution >= 0.6 is 10.6 Å². The second-order valence-corrected chi connectivity index (χ2v) is 11.4. The van der Waals surface area contributed by atoms with Gasteiger partial charge in [-0.1, -0.05) is 0 Å². The summed E-state index contributed by atoms with van der Waals surface area (Å²) in [5, 5.41) is 5.59. The van der Waals surface area contributed by atoms with Gasteiger partial charge in [0, 0.05) is 62.7 Å². The lowest BCUT2D eigenvalue weighted by atomic mass is 9.96. The Morgan fingerprint density at radius 2 is 1.75 bits per heavy atom. The third-order valence-electron chi connectivity index (χ3n) is 6.32. The largest absolute Gasteiger partial charge is 0.378 e. The summed E-state index contributed by atoms with van der Waals surface area (Å²) in [5.41, 5.74) is 1.95. The minimum Gasteiger partial charge on any atom is -0.378 e. The molecule has 0 bridgehead atoms. The van der Waals surface area contributed by atoms with E-state index < -0.39 is 10.6 Å². The number of amides is 3. The summed E-state index contributed by atoms with van der Waals surface area (Å²) in [6.07, 6.45) is 2.70. The van der Waals surface area contributed by atoms with Gasteiger partial charge in [0.15, 0.2) is 5.82 Å². The van der Waals surface area contributed by atoms with Gasteiger partial charge < -0.3 is 25.2 Å². The molecule has 3 heterocycles. The Balaban J connectivity index is 1.46. The molecule has 0 spiro atoms. The van der Waals surface area contributed by atoms with Gasteiger partial charge in [0.25, 0.3) is 0 Å². The van der Waals surface area contributed by atoms with Gasteiger partial charge in [-0.2, -0.15) is 10.6 Å². The number of benzene rings is 1. The molecule has 0 saturated carbocycles. The highest BCUT2D eigenvalue weighted by molar-refractivity contribution is 8.23. The number of aromatic nitrogens is 2. The number of morpholine rings is 1. The lowest BCUT2D eigenvalue weighted by Crippen LogP contribution is -2.44. The van der Waals surface area contributed by atoms with Crippen LogP contribution in [0.25, 0.3) is 11.4 Å². The second-order valence-electron chi connectivity index (χ2n) is 9.16. The van der Waals surface area contributed by atoms with E-state index in [1.54, 1.807) is 30.1 Å². The van der Waals surface area contributed by atoms with Crippen LogP contribution in [-0.2, 0) is 15.3 Å². The van der Waals surface area contributed by atoms with Crippen LogP contribution in [0.15, 0.2) is 30.3 Å². The zero-order valence-electron chi connectivity index (χ0n) is 20.6. The molecule has 1 aromatic heterocycles. The molecule has 11 nitrogen and oxygen atoms in total. The highest BCUT2D eigenvalue weighted by Crippen LogP contribution is 2.38. The first kappa shape index (κ1) is 26.1. The van der Waals surface area contributed by atoms with Crippen molar-refractivity contribution in [2.45, 2.75) is 18.6 Å². The quantitative estimate of drug-likeness (QED) is 0.458. The summed E-state index contributed by atoms with van der Waals surface area (Å²) in [7, 11) is -1.14. The topological polar surface area (TPSA) is 140 Å². The monoisotopic (exact) mass is 518 g/mol. The SMILES string of the molecule is CNC(=O)C1CCN(C(=O)Nc2ccc(-c3nc(CS(C)(O)O)cc(N4CCOCC4)n3)cc2)CC1. The fraction of sp³-hybridized carbons (Fsp3) is 0.500. The fourth-order valence-corrected chi connectivity index (χ4v) is 5.08. The van der Waals surface area contributed by atoms with E-state index in [0.29, 0.717) is 69.4 Å². The van der Waals surface area contributed by atoms with Crippen molar-refractivity contribution in [3.05, 3.63) is 36.0 Å². The summed E-state index contributed by atoms with van der Waals surface area (Å²) in [4.78, 5) is 37.6. The van der Waals surface area contributed by atoms with Gasteiger partial charge in [0.05, 0.1) is 24.7 Å². The molecule has 12 heteroatoms. The minimum absolute atomic E-state index is 0.0257. The van der Waals surface area contributed by atoms with Crippen molar-refractivity contribution in [1.82, 2.24) is 20.2 Å². The van der Waals surface area contributed by atoms with Crippen molar-refractivity contribution in [3.63, 3.8) is 0 Å². The molecule has 196 valence electrons. The van der Waals surface area contributed by atoms with Crippen LogP contribution in [0.1, 0.15) is 18.5 Å². The van der Waals surface area contributed by atoms with Crippen LogP contribution in [0.3, 0.4) is 0 Å². The molecular formula is C24H34N6O5S. The molecule has 1 aromatic carbocycles. The summed E-state index contributed by atoms with van der Waals surface area (Å²) < 4.78 is 25.4. The number of nitrogens with one attached hydrogen (secondary N) is 2. The molecule has 0 atom stereocenters. The van der Waals surface area contributed by atoms with Gasteiger partial charge in [-0.05, 0) is 37.1 Å².